The summed E-state index contributed by atoms with van der Waals surface area (Å²) in [6, 6.07) is 8.49. The molecule has 2 N–H and O–H groups in total. The maximum Gasteiger partial charge on any atom is 0.191 e. The summed E-state index contributed by atoms with van der Waals surface area (Å²) in [4.78, 5) is 11.3. The van der Waals surface area contributed by atoms with Crippen LogP contribution in [0.1, 0.15) is 24.4 Å². The number of morpholine rings is 1. The molecule has 2 aromatic rings. The van der Waals surface area contributed by atoms with Crippen molar-refractivity contribution in [2.75, 3.05) is 46.5 Å². The zero-order valence-electron chi connectivity index (χ0n) is 17.5. The molecule has 0 radical (unpaired) electrons. The van der Waals surface area contributed by atoms with Gasteiger partial charge in [-0.1, -0.05) is 12.1 Å². The van der Waals surface area contributed by atoms with Crippen molar-refractivity contribution in [2.45, 2.75) is 19.5 Å². The fourth-order valence-corrected chi connectivity index (χ4v) is 3.32. The summed E-state index contributed by atoms with van der Waals surface area (Å²) in [5, 5.41) is 10.9. The minimum Gasteiger partial charge on any atom is -0.497 e. The Hall–Kier alpha value is -2.65. The lowest BCUT2D eigenvalue weighted by Gasteiger charge is -2.35. The van der Waals surface area contributed by atoms with Gasteiger partial charge in [-0.05, 0) is 24.6 Å². The molecule has 1 aromatic heterocycles. The predicted octanol–water partition coefficient (Wildman–Crippen LogP) is 0.952. The van der Waals surface area contributed by atoms with E-state index in [0.29, 0.717) is 6.54 Å². The zero-order chi connectivity index (χ0) is 20.5. The third-order valence-corrected chi connectivity index (χ3v) is 4.98. The van der Waals surface area contributed by atoms with E-state index >= 15 is 0 Å². The molecule has 9 heteroatoms. The van der Waals surface area contributed by atoms with Gasteiger partial charge in [0.2, 0.25) is 0 Å². The topological polar surface area (TPSA) is 88.8 Å². The number of aryl methyl sites for hydroxylation is 1. The lowest BCUT2D eigenvalue weighted by atomic mass is 10.0. The van der Waals surface area contributed by atoms with E-state index in [2.05, 4.69) is 49.7 Å². The van der Waals surface area contributed by atoms with Gasteiger partial charge >= 0.3 is 0 Å². The van der Waals surface area contributed by atoms with E-state index in [1.165, 1.54) is 5.56 Å². The Kier molecular flexibility index (Phi) is 7.83. The van der Waals surface area contributed by atoms with Crippen LogP contribution in [-0.4, -0.2) is 72.1 Å². The van der Waals surface area contributed by atoms with E-state index in [4.69, 9.17) is 9.47 Å². The summed E-state index contributed by atoms with van der Waals surface area (Å²) in [6.07, 6.45) is 1.54. The van der Waals surface area contributed by atoms with Gasteiger partial charge in [-0.2, -0.15) is 5.10 Å². The van der Waals surface area contributed by atoms with Crippen LogP contribution >= 0.6 is 0 Å². The maximum absolute atomic E-state index is 5.54. The molecular formula is C20H31N7O2. The van der Waals surface area contributed by atoms with Gasteiger partial charge in [-0.25, -0.2) is 9.98 Å². The van der Waals surface area contributed by atoms with E-state index in [1.807, 2.05) is 19.2 Å². The van der Waals surface area contributed by atoms with Crippen molar-refractivity contribution in [3.8, 4) is 5.75 Å². The van der Waals surface area contributed by atoms with Gasteiger partial charge in [-0.3, -0.25) is 9.58 Å². The fourth-order valence-electron chi connectivity index (χ4n) is 3.32. The molecule has 0 saturated carbocycles. The second-order valence-corrected chi connectivity index (χ2v) is 6.81. The Morgan fingerprint density at radius 1 is 1.24 bits per heavy atom. The van der Waals surface area contributed by atoms with E-state index in [1.54, 1.807) is 18.1 Å². The molecule has 0 aliphatic carbocycles. The molecule has 0 amide bonds. The van der Waals surface area contributed by atoms with Gasteiger partial charge in [0, 0.05) is 33.2 Å². The summed E-state index contributed by atoms with van der Waals surface area (Å²) in [5.74, 6) is 2.45. The fraction of sp³-hybridized carbons (Fsp3) is 0.550. The van der Waals surface area contributed by atoms with Crippen molar-refractivity contribution in [3.63, 3.8) is 0 Å². The standard InChI is InChI=1S/C20H31N7O2/c1-4-21-20(23-14-19-24-15-25-26(19)2)22-13-18(27-9-11-29-12-10-27)16-5-7-17(28-3)8-6-16/h5-8,15,18H,4,9-14H2,1-3H3,(H2,21,22,23). The average Bonchev–Trinajstić information content (AvgIpc) is 3.18. The quantitative estimate of drug-likeness (QED) is 0.503. The van der Waals surface area contributed by atoms with E-state index in [-0.39, 0.29) is 6.04 Å². The summed E-state index contributed by atoms with van der Waals surface area (Å²) < 4.78 is 12.6. The Bertz CT molecular complexity index is 769. The highest BCUT2D eigenvalue weighted by Gasteiger charge is 2.23. The summed E-state index contributed by atoms with van der Waals surface area (Å²) in [6.45, 7) is 7.38. The first kappa shape index (κ1) is 21.1. The van der Waals surface area contributed by atoms with Crippen LogP contribution < -0.4 is 15.4 Å². The molecule has 29 heavy (non-hydrogen) atoms. The average molecular weight is 402 g/mol. The number of benzene rings is 1. The summed E-state index contributed by atoms with van der Waals surface area (Å²) in [5.41, 5.74) is 1.24. The summed E-state index contributed by atoms with van der Waals surface area (Å²) >= 11 is 0. The number of aliphatic imine (C=N–C) groups is 1. The van der Waals surface area contributed by atoms with E-state index in [0.717, 1.165) is 56.9 Å². The molecule has 2 heterocycles. The number of rotatable bonds is 8. The molecule has 1 aliphatic rings. The highest BCUT2D eigenvalue weighted by atomic mass is 16.5. The number of methoxy groups -OCH3 is 1. The van der Waals surface area contributed by atoms with Crippen LogP contribution in [0.15, 0.2) is 35.6 Å². The van der Waals surface area contributed by atoms with Crippen molar-refractivity contribution in [1.82, 2.24) is 30.3 Å². The van der Waals surface area contributed by atoms with Crippen molar-refractivity contribution < 1.29 is 9.47 Å². The Labute approximate surface area is 172 Å². The Morgan fingerprint density at radius 2 is 2.00 bits per heavy atom. The number of nitrogens with zero attached hydrogens (tertiary/aromatic N) is 5. The number of ether oxygens (including phenoxy) is 2. The number of guanidine groups is 1. The maximum atomic E-state index is 5.54. The minimum absolute atomic E-state index is 0.212. The second kappa shape index (κ2) is 10.8. The smallest absolute Gasteiger partial charge is 0.191 e. The predicted molar refractivity (Wildman–Crippen MR) is 112 cm³/mol. The monoisotopic (exact) mass is 401 g/mol. The van der Waals surface area contributed by atoms with Crippen LogP contribution in [0, 0.1) is 0 Å². The first-order valence-electron chi connectivity index (χ1n) is 10.0. The van der Waals surface area contributed by atoms with E-state index in [9.17, 15) is 0 Å². The van der Waals surface area contributed by atoms with Gasteiger partial charge in [0.15, 0.2) is 5.96 Å². The number of hydrogen-bond donors (Lipinski definition) is 2. The van der Waals surface area contributed by atoms with E-state index < -0.39 is 0 Å². The largest absolute Gasteiger partial charge is 0.497 e. The molecule has 1 aromatic carbocycles. The van der Waals surface area contributed by atoms with Crippen LogP contribution in [0.4, 0.5) is 0 Å². The van der Waals surface area contributed by atoms with Crippen LogP contribution in [0.5, 0.6) is 5.75 Å². The number of nitrogens with one attached hydrogen (secondary N) is 2. The van der Waals surface area contributed by atoms with Gasteiger partial charge in [0.05, 0.1) is 26.4 Å². The molecule has 158 valence electrons. The van der Waals surface area contributed by atoms with Crippen LogP contribution in [-0.2, 0) is 18.3 Å². The molecule has 9 nitrogen and oxygen atoms in total. The molecule has 0 spiro atoms. The lowest BCUT2D eigenvalue weighted by Crippen LogP contribution is -2.46. The molecule has 0 bridgehead atoms. The number of hydrogen-bond acceptors (Lipinski definition) is 6. The third-order valence-electron chi connectivity index (χ3n) is 4.98. The molecule has 1 unspecified atom stereocenters. The molecule has 1 fully saturated rings. The minimum atomic E-state index is 0.212. The van der Waals surface area contributed by atoms with Crippen LogP contribution in [0.3, 0.4) is 0 Å². The van der Waals surface area contributed by atoms with Crippen molar-refractivity contribution >= 4 is 5.96 Å². The lowest BCUT2D eigenvalue weighted by molar-refractivity contribution is 0.0170. The normalized spacial score (nSPS) is 16.4. The first-order chi connectivity index (χ1) is 14.2. The molecule has 3 rings (SSSR count). The van der Waals surface area contributed by atoms with Crippen molar-refractivity contribution in [2.24, 2.45) is 12.0 Å². The zero-order valence-corrected chi connectivity index (χ0v) is 17.5. The van der Waals surface area contributed by atoms with Gasteiger partial charge < -0.3 is 20.1 Å². The van der Waals surface area contributed by atoms with Gasteiger partial charge in [0.1, 0.15) is 24.4 Å². The second-order valence-electron chi connectivity index (χ2n) is 6.81. The highest BCUT2D eigenvalue weighted by molar-refractivity contribution is 5.79. The van der Waals surface area contributed by atoms with Crippen LogP contribution in [0.2, 0.25) is 0 Å². The third kappa shape index (κ3) is 5.91. The Morgan fingerprint density at radius 3 is 2.62 bits per heavy atom. The SMILES string of the molecule is CCNC(=NCc1ncnn1C)NCC(c1ccc(OC)cc1)N1CCOCC1. The molecular weight excluding hydrogens is 370 g/mol. The summed E-state index contributed by atoms with van der Waals surface area (Å²) in [7, 11) is 3.56. The molecule has 1 aliphatic heterocycles. The van der Waals surface area contributed by atoms with Crippen LogP contribution in [0.25, 0.3) is 0 Å². The first-order valence-corrected chi connectivity index (χ1v) is 10.0. The van der Waals surface area contributed by atoms with Crippen molar-refractivity contribution in [1.29, 1.82) is 0 Å². The molecule has 1 saturated heterocycles. The number of aromatic nitrogens is 3. The van der Waals surface area contributed by atoms with Gasteiger partial charge in [0.25, 0.3) is 0 Å². The van der Waals surface area contributed by atoms with Crippen molar-refractivity contribution in [3.05, 3.63) is 42.0 Å². The highest BCUT2D eigenvalue weighted by Crippen LogP contribution is 2.23. The van der Waals surface area contributed by atoms with Gasteiger partial charge in [-0.15, -0.1) is 0 Å². The molecule has 1 atom stereocenters. The Balaban J connectivity index is 1.71.